The number of halogens is 2. The van der Waals surface area contributed by atoms with Crippen molar-refractivity contribution in [1.29, 1.82) is 0 Å². The summed E-state index contributed by atoms with van der Waals surface area (Å²) in [4.78, 5) is 29.7. The molecule has 2 rings (SSSR count). The third-order valence-corrected chi connectivity index (χ3v) is 4.07. The van der Waals surface area contributed by atoms with E-state index in [0.29, 0.717) is 21.3 Å². The average molecular weight is 367 g/mol. The Bertz CT molecular complexity index is 723. The van der Waals surface area contributed by atoms with Crippen LogP contribution >= 0.6 is 23.2 Å². The van der Waals surface area contributed by atoms with Crippen LogP contribution in [0.4, 0.5) is 0 Å². The number of nitrogens with zero attached hydrogens (tertiary/aromatic N) is 2. The Morgan fingerprint density at radius 3 is 2.58 bits per heavy atom. The molecule has 1 aromatic heterocycles. The maximum Gasteiger partial charge on any atom is 0.397 e. The van der Waals surface area contributed by atoms with Crippen LogP contribution < -0.4 is 0 Å². The molecular weight excluding hydrogens is 351 g/mol. The lowest BCUT2D eigenvalue weighted by Crippen LogP contribution is -2.37. The molecule has 0 saturated carbocycles. The molecule has 0 spiro atoms. The van der Waals surface area contributed by atoms with Gasteiger partial charge < -0.3 is 9.64 Å². The molecule has 5 nitrogen and oxygen atoms in total. The predicted octanol–water partition coefficient (Wildman–Crippen LogP) is 3.48. The second-order valence-electron chi connectivity index (χ2n) is 4.92. The number of carbonyl (C=O) groups excluding carboxylic acids is 2. The molecule has 0 saturated heterocycles. The van der Waals surface area contributed by atoms with Crippen LogP contribution in [0.3, 0.4) is 0 Å². The van der Waals surface area contributed by atoms with Gasteiger partial charge in [0.1, 0.15) is 0 Å². The number of pyridine rings is 1. The third kappa shape index (κ3) is 4.69. The zero-order valence-electron chi connectivity index (χ0n) is 13.0. The van der Waals surface area contributed by atoms with Gasteiger partial charge in [0.15, 0.2) is 0 Å². The second kappa shape index (κ2) is 8.66. The Morgan fingerprint density at radius 1 is 1.12 bits per heavy atom. The summed E-state index contributed by atoms with van der Waals surface area (Å²) >= 11 is 12.2. The summed E-state index contributed by atoms with van der Waals surface area (Å²) in [5.41, 5.74) is 1.28. The zero-order valence-corrected chi connectivity index (χ0v) is 14.5. The molecule has 0 unspecified atom stereocenters. The molecule has 0 atom stereocenters. The minimum absolute atomic E-state index is 0.119. The first-order valence-corrected chi connectivity index (χ1v) is 8.07. The van der Waals surface area contributed by atoms with Crippen molar-refractivity contribution in [2.24, 2.45) is 0 Å². The normalized spacial score (nSPS) is 10.3. The number of ether oxygens (including phenoxy) is 1. The van der Waals surface area contributed by atoms with Crippen LogP contribution in [0, 0.1) is 0 Å². The van der Waals surface area contributed by atoms with E-state index in [4.69, 9.17) is 27.9 Å². The van der Waals surface area contributed by atoms with E-state index in [-0.39, 0.29) is 19.7 Å². The smallest absolute Gasteiger partial charge is 0.397 e. The van der Waals surface area contributed by atoms with Crippen LogP contribution in [0.5, 0.6) is 0 Å². The zero-order chi connectivity index (χ0) is 17.5. The number of aromatic nitrogens is 1. The van der Waals surface area contributed by atoms with Crippen molar-refractivity contribution in [2.75, 3.05) is 6.61 Å². The maximum absolute atomic E-state index is 12.4. The Hall–Kier alpha value is -2.11. The SMILES string of the molecule is CCOC(=O)C(=O)N(Cc1ccccn1)Cc1cccc(Cl)c1Cl. The summed E-state index contributed by atoms with van der Waals surface area (Å²) in [6, 6.07) is 10.5. The number of benzene rings is 1. The summed E-state index contributed by atoms with van der Waals surface area (Å²) in [7, 11) is 0. The van der Waals surface area contributed by atoms with E-state index < -0.39 is 11.9 Å². The monoisotopic (exact) mass is 366 g/mol. The van der Waals surface area contributed by atoms with Gasteiger partial charge in [0.05, 0.1) is 28.9 Å². The van der Waals surface area contributed by atoms with Gasteiger partial charge in [0.2, 0.25) is 0 Å². The van der Waals surface area contributed by atoms with Crippen molar-refractivity contribution in [2.45, 2.75) is 20.0 Å². The topological polar surface area (TPSA) is 59.5 Å². The van der Waals surface area contributed by atoms with E-state index in [0.717, 1.165) is 0 Å². The number of amides is 1. The Morgan fingerprint density at radius 2 is 1.92 bits per heavy atom. The van der Waals surface area contributed by atoms with Gasteiger partial charge in [-0.1, -0.05) is 41.4 Å². The first-order valence-electron chi connectivity index (χ1n) is 7.31. The van der Waals surface area contributed by atoms with Gasteiger partial charge in [-0.3, -0.25) is 9.78 Å². The van der Waals surface area contributed by atoms with Crippen molar-refractivity contribution in [3.63, 3.8) is 0 Å². The molecule has 0 radical (unpaired) electrons. The molecule has 0 aliphatic carbocycles. The lowest BCUT2D eigenvalue weighted by atomic mass is 10.2. The van der Waals surface area contributed by atoms with Gasteiger partial charge in [-0.2, -0.15) is 0 Å². The minimum Gasteiger partial charge on any atom is -0.459 e. The maximum atomic E-state index is 12.4. The molecule has 0 bridgehead atoms. The average Bonchev–Trinajstić information content (AvgIpc) is 2.58. The Balaban J connectivity index is 2.26. The van der Waals surface area contributed by atoms with E-state index in [1.54, 1.807) is 43.5 Å². The van der Waals surface area contributed by atoms with E-state index in [2.05, 4.69) is 4.98 Å². The molecule has 1 aromatic carbocycles. The molecular formula is C17H16Cl2N2O3. The van der Waals surface area contributed by atoms with Crippen molar-refractivity contribution in [1.82, 2.24) is 9.88 Å². The number of carbonyl (C=O) groups is 2. The van der Waals surface area contributed by atoms with Crippen molar-refractivity contribution < 1.29 is 14.3 Å². The highest BCUT2D eigenvalue weighted by Crippen LogP contribution is 2.27. The molecule has 0 N–H and O–H groups in total. The highest BCUT2D eigenvalue weighted by Gasteiger charge is 2.24. The fourth-order valence-corrected chi connectivity index (χ4v) is 2.46. The van der Waals surface area contributed by atoms with Crippen molar-refractivity contribution in [3.05, 3.63) is 63.9 Å². The fourth-order valence-electron chi connectivity index (χ4n) is 2.08. The molecule has 7 heteroatoms. The highest BCUT2D eigenvalue weighted by atomic mass is 35.5. The van der Waals surface area contributed by atoms with E-state index >= 15 is 0 Å². The van der Waals surface area contributed by atoms with Crippen molar-refractivity contribution >= 4 is 35.1 Å². The van der Waals surface area contributed by atoms with Gasteiger partial charge in [-0.25, -0.2) is 4.79 Å². The molecule has 2 aromatic rings. The molecule has 24 heavy (non-hydrogen) atoms. The lowest BCUT2D eigenvalue weighted by molar-refractivity contribution is -0.160. The number of esters is 1. The van der Waals surface area contributed by atoms with Crippen LogP contribution in [0.1, 0.15) is 18.2 Å². The van der Waals surface area contributed by atoms with E-state index in [1.165, 1.54) is 4.90 Å². The van der Waals surface area contributed by atoms with Crippen LogP contribution in [0.15, 0.2) is 42.6 Å². The molecule has 1 heterocycles. The van der Waals surface area contributed by atoms with Crippen LogP contribution in [-0.4, -0.2) is 28.4 Å². The van der Waals surface area contributed by atoms with Crippen molar-refractivity contribution in [3.8, 4) is 0 Å². The molecule has 1 amide bonds. The summed E-state index contributed by atoms with van der Waals surface area (Å²) in [5, 5.41) is 0.734. The van der Waals surface area contributed by atoms with Gasteiger partial charge in [0, 0.05) is 12.7 Å². The van der Waals surface area contributed by atoms with Gasteiger partial charge in [0.25, 0.3) is 0 Å². The third-order valence-electron chi connectivity index (χ3n) is 3.21. The van der Waals surface area contributed by atoms with Crippen LogP contribution in [-0.2, 0) is 27.4 Å². The first-order chi connectivity index (χ1) is 11.5. The fraction of sp³-hybridized carbons (Fsp3) is 0.235. The molecule has 0 aliphatic heterocycles. The summed E-state index contributed by atoms with van der Waals surface area (Å²) in [6.45, 7) is 2.04. The summed E-state index contributed by atoms with van der Waals surface area (Å²) < 4.78 is 4.80. The molecule has 126 valence electrons. The quantitative estimate of drug-likeness (QED) is 0.600. The Labute approximate surface area is 150 Å². The minimum atomic E-state index is -0.911. The second-order valence-corrected chi connectivity index (χ2v) is 5.70. The van der Waals surface area contributed by atoms with E-state index in [1.807, 2.05) is 6.07 Å². The largest absolute Gasteiger partial charge is 0.459 e. The number of hydrogen-bond donors (Lipinski definition) is 0. The lowest BCUT2D eigenvalue weighted by Gasteiger charge is -2.22. The van der Waals surface area contributed by atoms with Gasteiger partial charge >= 0.3 is 11.9 Å². The van der Waals surface area contributed by atoms with E-state index in [9.17, 15) is 9.59 Å². The highest BCUT2D eigenvalue weighted by molar-refractivity contribution is 6.42. The summed E-state index contributed by atoms with van der Waals surface area (Å²) in [5.74, 6) is -1.66. The molecule has 0 fully saturated rings. The van der Waals surface area contributed by atoms with Gasteiger partial charge in [-0.05, 0) is 30.7 Å². The predicted molar refractivity (Wildman–Crippen MR) is 91.6 cm³/mol. The van der Waals surface area contributed by atoms with Crippen LogP contribution in [0.25, 0.3) is 0 Å². The number of rotatable bonds is 5. The number of hydrogen-bond acceptors (Lipinski definition) is 4. The standard InChI is InChI=1S/C17H16Cl2N2O3/c1-2-24-17(23)16(22)21(11-13-7-3-4-9-20-13)10-12-6-5-8-14(18)15(12)19/h3-9H,2,10-11H2,1H3. The molecule has 0 aliphatic rings. The first kappa shape index (κ1) is 18.2. The van der Waals surface area contributed by atoms with Crippen LogP contribution in [0.2, 0.25) is 10.0 Å². The van der Waals surface area contributed by atoms with Gasteiger partial charge in [-0.15, -0.1) is 0 Å². The Kier molecular flexibility index (Phi) is 6.58. The summed E-state index contributed by atoms with van der Waals surface area (Å²) in [6.07, 6.45) is 1.62.